The van der Waals surface area contributed by atoms with Crippen molar-refractivity contribution < 1.29 is 29.0 Å². The van der Waals surface area contributed by atoms with E-state index in [-0.39, 0.29) is 5.70 Å². The summed E-state index contributed by atoms with van der Waals surface area (Å²) in [6, 6.07) is 6.60. The lowest BCUT2D eigenvalue weighted by Crippen LogP contribution is -2.71. The van der Waals surface area contributed by atoms with Crippen molar-refractivity contribution in [3.8, 4) is 0 Å². The topological polar surface area (TPSA) is 125 Å². The molecule has 2 aliphatic rings. The predicted octanol–water partition coefficient (Wildman–Crippen LogP) is 2.57. The zero-order chi connectivity index (χ0) is 24.3. The van der Waals surface area contributed by atoms with Crippen LogP contribution in [0, 0.1) is 0 Å². The number of carboxylic acid groups (broad SMARTS) is 1. The molecule has 10 heteroatoms. The van der Waals surface area contributed by atoms with E-state index in [0.717, 1.165) is 0 Å². The smallest absolute Gasteiger partial charge is 0.408 e. The van der Waals surface area contributed by atoms with Gasteiger partial charge in [-0.2, -0.15) is 0 Å². The highest BCUT2D eigenvalue weighted by Crippen LogP contribution is 2.40. The fourth-order valence-electron chi connectivity index (χ4n) is 3.58. The summed E-state index contributed by atoms with van der Waals surface area (Å²) in [5.41, 5.74) is 0.231. The number of allylic oxidation sites excluding steroid dienone is 2. The van der Waals surface area contributed by atoms with Gasteiger partial charge in [0.2, 0.25) is 5.91 Å². The van der Waals surface area contributed by atoms with Crippen LogP contribution in [0.4, 0.5) is 4.79 Å². The molecule has 0 aromatic heterocycles. The molecule has 1 unspecified atom stereocenters. The molecule has 3 rings (SSSR count). The monoisotopic (exact) mass is 473 g/mol. The van der Waals surface area contributed by atoms with E-state index in [1.807, 2.05) is 0 Å². The molecular formula is C23H27N3O6S. The number of nitrogens with one attached hydrogen (secondary N) is 2. The number of carboxylic acids is 1. The van der Waals surface area contributed by atoms with Gasteiger partial charge >= 0.3 is 12.1 Å². The van der Waals surface area contributed by atoms with Crippen molar-refractivity contribution in [1.82, 2.24) is 15.5 Å². The lowest BCUT2D eigenvalue weighted by atomic mass is 10.0. The summed E-state index contributed by atoms with van der Waals surface area (Å²) in [6.45, 7) is 6.90. The fraction of sp³-hybridized carbons (Fsp3) is 0.391. The highest BCUT2D eigenvalue weighted by Gasteiger charge is 2.54. The Kier molecular flexibility index (Phi) is 7.16. The van der Waals surface area contributed by atoms with Crippen molar-refractivity contribution in [1.29, 1.82) is 0 Å². The molecule has 0 radical (unpaired) electrons. The van der Waals surface area contributed by atoms with Crippen LogP contribution in [0.5, 0.6) is 0 Å². The number of ether oxygens (including phenoxy) is 1. The quantitative estimate of drug-likeness (QED) is 0.542. The molecule has 0 aliphatic carbocycles. The van der Waals surface area contributed by atoms with Crippen LogP contribution >= 0.6 is 11.8 Å². The molecule has 3 N–H and O–H groups in total. The molecule has 33 heavy (non-hydrogen) atoms. The van der Waals surface area contributed by atoms with Crippen LogP contribution in [-0.4, -0.2) is 56.7 Å². The van der Waals surface area contributed by atoms with Crippen LogP contribution < -0.4 is 10.6 Å². The minimum absolute atomic E-state index is 0.0705. The number of rotatable bonds is 6. The number of aliphatic carboxylic acids is 1. The molecule has 176 valence electrons. The third-order valence-electron chi connectivity index (χ3n) is 4.92. The van der Waals surface area contributed by atoms with Crippen LogP contribution in [0.3, 0.4) is 0 Å². The van der Waals surface area contributed by atoms with Gasteiger partial charge in [-0.05, 0) is 38.8 Å². The minimum atomic E-state index is -1.19. The Morgan fingerprint density at radius 2 is 1.91 bits per heavy atom. The SMILES string of the molecule is C/C=C\C1=C(C(=O)O)N2C(=O)[C@@H](NC(=O)C(NC(=O)OC(C)(C)C)c3ccccc3)[C@@H]2SC1. The Labute approximate surface area is 196 Å². The second kappa shape index (κ2) is 9.70. The van der Waals surface area contributed by atoms with Gasteiger partial charge in [-0.15, -0.1) is 11.8 Å². The molecule has 0 bridgehead atoms. The van der Waals surface area contributed by atoms with E-state index in [2.05, 4.69) is 10.6 Å². The predicted molar refractivity (Wildman–Crippen MR) is 123 cm³/mol. The normalized spacial score (nSPS) is 21.2. The first kappa shape index (κ1) is 24.4. The van der Waals surface area contributed by atoms with E-state index in [1.54, 1.807) is 70.2 Å². The van der Waals surface area contributed by atoms with E-state index < -0.39 is 46.9 Å². The largest absolute Gasteiger partial charge is 0.477 e. The maximum atomic E-state index is 13.1. The van der Waals surface area contributed by atoms with Crippen molar-refractivity contribution >= 4 is 35.6 Å². The van der Waals surface area contributed by atoms with Crippen molar-refractivity contribution in [2.45, 2.75) is 50.8 Å². The van der Waals surface area contributed by atoms with Crippen LogP contribution in [0.2, 0.25) is 0 Å². The van der Waals surface area contributed by atoms with Gasteiger partial charge in [0, 0.05) is 5.75 Å². The zero-order valence-corrected chi connectivity index (χ0v) is 19.6. The number of alkyl carbamates (subject to hydrolysis) is 1. The van der Waals surface area contributed by atoms with Crippen LogP contribution in [0.15, 0.2) is 53.8 Å². The Balaban J connectivity index is 1.79. The van der Waals surface area contributed by atoms with Gasteiger partial charge in [-0.25, -0.2) is 9.59 Å². The van der Waals surface area contributed by atoms with Crippen LogP contribution in [0.1, 0.15) is 39.3 Å². The van der Waals surface area contributed by atoms with E-state index >= 15 is 0 Å². The Morgan fingerprint density at radius 1 is 1.24 bits per heavy atom. The average molecular weight is 474 g/mol. The summed E-state index contributed by atoms with van der Waals surface area (Å²) < 4.78 is 5.28. The number of thioether (sulfide) groups is 1. The van der Waals surface area contributed by atoms with Gasteiger partial charge in [0.05, 0.1) is 0 Å². The number of fused-ring (bicyclic) bond motifs is 1. The van der Waals surface area contributed by atoms with Gasteiger partial charge in [0.25, 0.3) is 5.91 Å². The molecule has 1 saturated heterocycles. The van der Waals surface area contributed by atoms with Crippen LogP contribution in [-0.2, 0) is 19.1 Å². The second-order valence-corrected chi connectivity index (χ2v) is 9.67. The van der Waals surface area contributed by atoms with Gasteiger partial charge in [-0.1, -0.05) is 42.5 Å². The van der Waals surface area contributed by atoms with Gasteiger partial charge in [-0.3, -0.25) is 14.5 Å². The molecule has 0 saturated carbocycles. The molecule has 3 atom stereocenters. The first-order valence-electron chi connectivity index (χ1n) is 10.4. The van der Waals surface area contributed by atoms with Crippen molar-refractivity contribution in [2.75, 3.05) is 5.75 Å². The van der Waals surface area contributed by atoms with Crippen molar-refractivity contribution in [3.63, 3.8) is 0 Å². The van der Waals surface area contributed by atoms with Gasteiger partial charge in [0.1, 0.15) is 28.8 Å². The number of hydrogen-bond donors (Lipinski definition) is 3. The fourth-order valence-corrected chi connectivity index (χ4v) is 4.90. The van der Waals surface area contributed by atoms with E-state index in [4.69, 9.17) is 4.74 Å². The summed E-state index contributed by atoms with van der Waals surface area (Å²) >= 11 is 1.37. The number of carbonyl (C=O) groups excluding carboxylic acids is 3. The lowest BCUT2D eigenvalue weighted by Gasteiger charge is -2.49. The summed E-state index contributed by atoms with van der Waals surface area (Å²) in [7, 11) is 0. The second-order valence-electron chi connectivity index (χ2n) is 8.56. The van der Waals surface area contributed by atoms with E-state index in [9.17, 15) is 24.3 Å². The molecule has 2 heterocycles. The number of β-lactam (4-membered cyclic amide) rings is 1. The molecule has 1 fully saturated rings. The number of hydrogen-bond acceptors (Lipinski definition) is 6. The number of carbonyl (C=O) groups is 4. The lowest BCUT2D eigenvalue weighted by molar-refractivity contribution is -0.150. The molecule has 3 amide bonds. The van der Waals surface area contributed by atoms with E-state index in [1.165, 1.54) is 16.7 Å². The van der Waals surface area contributed by atoms with Gasteiger partial charge < -0.3 is 20.5 Å². The Bertz CT molecular complexity index is 1010. The highest BCUT2D eigenvalue weighted by molar-refractivity contribution is 8.00. The first-order valence-corrected chi connectivity index (χ1v) is 11.5. The average Bonchev–Trinajstić information content (AvgIpc) is 2.74. The number of amides is 3. The van der Waals surface area contributed by atoms with E-state index in [0.29, 0.717) is 16.9 Å². The summed E-state index contributed by atoms with van der Waals surface area (Å²) in [5, 5.41) is 14.3. The molecular weight excluding hydrogens is 446 g/mol. The Morgan fingerprint density at radius 3 is 2.48 bits per heavy atom. The third-order valence-corrected chi connectivity index (χ3v) is 6.22. The number of nitrogens with zero attached hydrogens (tertiary/aromatic N) is 1. The number of benzene rings is 1. The standard InChI is InChI=1S/C23H27N3O6S/c1-5-9-14-12-33-20-16(19(28)26(20)17(14)21(29)30)24-18(27)15(13-10-7-6-8-11-13)25-22(31)32-23(2,3)4/h5-11,15-16,20H,12H2,1-4H3,(H,24,27)(H,25,31)(H,29,30)/b9-5-/t15?,16-,20+/m1/s1. The molecule has 1 aromatic carbocycles. The minimum Gasteiger partial charge on any atom is -0.477 e. The summed E-state index contributed by atoms with van der Waals surface area (Å²) in [6.07, 6.45) is 2.62. The first-order chi connectivity index (χ1) is 15.5. The molecule has 0 spiro atoms. The molecule has 2 aliphatic heterocycles. The molecule has 9 nitrogen and oxygen atoms in total. The maximum absolute atomic E-state index is 13.1. The molecule has 1 aromatic rings. The van der Waals surface area contributed by atoms with Crippen molar-refractivity contribution in [2.24, 2.45) is 0 Å². The highest BCUT2D eigenvalue weighted by atomic mass is 32.2. The summed E-state index contributed by atoms with van der Waals surface area (Å²) in [5.74, 6) is -1.90. The summed E-state index contributed by atoms with van der Waals surface area (Å²) in [4.78, 5) is 51.3. The van der Waals surface area contributed by atoms with Crippen molar-refractivity contribution in [3.05, 3.63) is 59.3 Å². The third kappa shape index (κ3) is 5.39. The maximum Gasteiger partial charge on any atom is 0.408 e. The van der Waals surface area contributed by atoms with Crippen LogP contribution in [0.25, 0.3) is 0 Å². The zero-order valence-electron chi connectivity index (χ0n) is 18.8. The Hall–Kier alpha value is -3.27. The van der Waals surface area contributed by atoms with Gasteiger partial charge in [0.15, 0.2) is 0 Å².